The van der Waals surface area contributed by atoms with Crippen molar-refractivity contribution in [1.29, 1.82) is 0 Å². The standard InChI is InChI=1S/C21H24FNO3/c1-14-6-9-19(26-3)21-16(14)5-4-12-23(21)20(24)11-8-15-7-10-18(25-2)17(22)13-15/h6-7,9-10,13H,4-5,8,11-12H2,1-3H3. The summed E-state index contributed by atoms with van der Waals surface area (Å²) in [6, 6.07) is 8.77. The van der Waals surface area contributed by atoms with E-state index in [1.165, 1.54) is 24.3 Å². The van der Waals surface area contributed by atoms with Crippen LogP contribution in [0.3, 0.4) is 0 Å². The van der Waals surface area contributed by atoms with Crippen molar-refractivity contribution in [2.75, 3.05) is 25.7 Å². The molecule has 0 fully saturated rings. The molecule has 1 amide bonds. The monoisotopic (exact) mass is 357 g/mol. The van der Waals surface area contributed by atoms with Crippen molar-refractivity contribution in [3.63, 3.8) is 0 Å². The summed E-state index contributed by atoms with van der Waals surface area (Å²) in [5.41, 5.74) is 4.03. The minimum absolute atomic E-state index is 0.0334. The molecule has 0 saturated carbocycles. The van der Waals surface area contributed by atoms with E-state index in [2.05, 4.69) is 6.92 Å². The van der Waals surface area contributed by atoms with Crippen molar-refractivity contribution in [2.45, 2.75) is 32.6 Å². The maximum Gasteiger partial charge on any atom is 0.227 e. The lowest BCUT2D eigenvalue weighted by Gasteiger charge is -2.32. The van der Waals surface area contributed by atoms with Gasteiger partial charge in [-0.25, -0.2) is 4.39 Å². The summed E-state index contributed by atoms with van der Waals surface area (Å²) >= 11 is 0. The molecule has 26 heavy (non-hydrogen) atoms. The summed E-state index contributed by atoms with van der Waals surface area (Å²) in [4.78, 5) is 14.7. The van der Waals surface area contributed by atoms with Crippen molar-refractivity contribution in [1.82, 2.24) is 0 Å². The highest BCUT2D eigenvalue weighted by atomic mass is 19.1. The van der Waals surface area contributed by atoms with Crippen molar-refractivity contribution >= 4 is 11.6 Å². The quantitative estimate of drug-likeness (QED) is 0.810. The first kappa shape index (κ1) is 18.2. The van der Waals surface area contributed by atoms with Crippen LogP contribution in [0.2, 0.25) is 0 Å². The Labute approximate surface area is 153 Å². The zero-order valence-electron chi connectivity index (χ0n) is 15.5. The first-order chi connectivity index (χ1) is 12.5. The second kappa shape index (κ2) is 7.77. The molecular formula is C21H24FNO3. The van der Waals surface area contributed by atoms with Gasteiger partial charge in [0, 0.05) is 13.0 Å². The van der Waals surface area contributed by atoms with E-state index in [-0.39, 0.29) is 11.7 Å². The number of anilines is 1. The van der Waals surface area contributed by atoms with Crippen LogP contribution in [0.5, 0.6) is 11.5 Å². The van der Waals surface area contributed by atoms with Gasteiger partial charge in [0.2, 0.25) is 5.91 Å². The minimum atomic E-state index is -0.405. The van der Waals surface area contributed by atoms with E-state index < -0.39 is 5.82 Å². The number of hydrogen-bond donors (Lipinski definition) is 0. The van der Waals surface area contributed by atoms with E-state index in [4.69, 9.17) is 9.47 Å². The maximum atomic E-state index is 13.8. The number of carbonyl (C=O) groups excluding carboxylic acids is 1. The van der Waals surface area contributed by atoms with Crippen LogP contribution in [0.15, 0.2) is 30.3 Å². The molecule has 5 heteroatoms. The summed E-state index contributed by atoms with van der Waals surface area (Å²) in [5, 5.41) is 0. The van der Waals surface area contributed by atoms with E-state index >= 15 is 0 Å². The van der Waals surface area contributed by atoms with Crippen molar-refractivity contribution in [3.05, 3.63) is 52.8 Å². The summed E-state index contributed by atoms with van der Waals surface area (Å²) in [5.74, 6) is 0.573. The van der Waals surface area contributed by atoms with Crippen LogP contribution < -0.4 is 14.4 Å². The first-order valence-electron chi connectivity index (χ1n) is 8.84. The Morgan fingerprint density at radius 1 is 1.15 bits per heavy atom. The minimum Gasteiger partial charge on any atom is -0.495 e. The Bertz CT molecular complexity index is 819. The normalized spacial score (nSPS) is 13.3. The SMILES string of the molecule is COc1ccc(CCC(=O)N2CCCc3c(C)ccc(OC)c32)cc1F. The molecule has 1 aliphatic heterocycles. The molecule has 0 unspecified atom stereocenters. The molecule has 0 saturated heterocycles. The molecule has 138 valence electrons. The van der Waals surface area contributed by atoms with Gasteiger partial charge in [-0.1, -0.05) is 12.1 Å². The third-order valence-electron chi connectivity index (χ3n) is 4.92. The highest BCUT2D eigenvalue weighted by molar-refractivity contribution is 5.96. The highest BCUT2D eigenvalue weighted by Gasteiger charge is 2.26. The average Bonchev–Trinajstić information content (AvgIpc) is 2.66. The van der Waals surface area contributed by atoms with E-state index in [0.29, 0.717) is 19.4 Å². The highest BCUT2D eigenvalue weighted by Crippen LogP contribution is 2.38. The average molecular weight is 357 g/mol. The molecule has 0 N–H and O–H groups in total. The van der Waals surface area contributed by atoms with Crippen molar-refractivity contribution in [3.8, 4) is 11.5 Å². The van der Waals surface area contributed by atoms with Gasteiger partial charge in [-0.05, 0) is 61.1 Å². The number of nitrogens with zero attached hydrogens (tertiary/aromatic N) is 1. The van der Waals surface area contributed by atoms with Crippen LogP contribution in [-0.2, 0) is 17.6 Å². The predicted octanol–water partition coefficient (Wildman–Crippen LogP) is 4.06. The number of hydrogen-bond acceptors (Lipinski definition) is 3. The van der Waals surface area contributed by atoms with Gasteiger partial charge in [0.05, 0.1) is 19.9 Å². The molecule has 0 radical (unpaired) electrons. The lowest BCUT2D eigenvalue weighted by atomic mass is 9.95. The van der Waals surface area contributed by atoms with Gasteiger partial charge in [0.15, 0.2) is 11.6 Å². The zero-order valence-corrected chi connectivity index (χ0v) is 15.5. The van der Waals surface area contributed by atoms with Gasteiger partial charge >= 0.3 is 0 Å². The molecule has 1 heterocycles. The molecule has 2 aromatic carbocycles. The maximum absolute atomic E-state index is 13.8. The van der Waals surface area contributed by atoms with Gasteiger partial charge in [0.25, 0.3) is 0 Å². The van der Waals surface area contributed by atoms with E-state index in [0.717, 1.165) is 29.8 Å². The molecule has 1 aliphatic rings. The summed E-state index contributed by atoms with van der Waals surface area (Å²) < 4.78 is 24.3. The van der Waals surface area contributed by atoms with E-state index in [9.17, 15) is 9.18 Å². The third-order valence-corrected chi connectivity index (χ3v) is 4.92. The first-order valence-corrected chi connectivity index (χ1v) is 8.84. The zero-order chi connectivity index (χ0) is 18.7. The lowest BCUT2D eigenvalue weighted by Crippen LogP contribution is -2.36. The van der Waals surface area contributed by atoms with Crippen LogP contribution in [0, 0.1) is 12.7 Å². The lowest BCUT2D eigenvalue weighted by molar-refractivity contribution is -0.118. The summed E-state index contributed by atoms with van der Waals surface area (Å²) in [7, 11) is 3.06. The Kier molecular flexibility index (Phi) is 5.45. The Morgan fingerprint density at radius 3 is 2.58 bits per heavy atom. The molecule has 4 nitrogen and oxygen atoms in total. The number of amides is 1. The van der Waals surface area contributed by atoms with Crippen LogP contribution in [-0.4, -0.2) is 26.7 Å². The summed E-state index contributed by atoms with van der Waals surface area (Å²) in [6.07, 6.45) is 2.69. The topological polar surface area (TPSA) is 38.8 Å². The van der Waals surface area contributed by atoms with Crippen LogP contribution in [0.1, 0.15) is 29.5 Å². The van der Waals surface area contributed by atoms with Gasteiger partial charge in [0.1, 0.15) is 5.75 Å². The number of carbonyl (C=O) groups is 1. The molecule has 0 aliphatic carbocycles. The Morgan fingerprint density at radius 2 is 1.88 bits per heavy atom. The fraction of sp³-hybridized carbons (Fsp3) is 0.381. The number of rotatable bonds is 5. The number of fused-ring (bicyclic) bond motifs is 1. The van der Waals surface area contributed by atoms with Gasteiger partial charge in [-0.3, -0.25) is 4.79 Å². The second-order valence-corrected chi connectivity index (χ2v) is 6.53. The van der Waals surface area contributed by atoms with Gasteiger partial charge < -0.3 is 14.4 Å². The van der Waals surface area contributed by atoms with Crippen LogP contribution in [0.25, 0.3) is 0 Å². The number of benzene rings is 2. The third kappa shape index (κ3) is 3.52. The number of aryl methyl sites for hydroxylation is 2. The molecular weight excluding hydrogens is 333 g/mol. The van der Waals surface area contributed by atoms with E-state index in [1.54, 1.807) is 19.2 Å². The fourth-order valence-corrected chi connectivity index (χ4v) is 3.52. The molecule has 3 rings (SSSR count). The Balaban J connectivity index is 1.78. The molecule has 0 bridgehead atoms. The number of ether oxygens (including phenoxy) is 2. The second-order valence-electron chi connectivity index (χ2n) is 6.53. The smallest absolute Gasteiger partial charge is 0.227 e. The van der Waals surface area contributed by atoms with Crippen molar-refractivity contribution in [2.24, 2.45) is 0 Å². The van der Waals surface area contributed by atoms with E-state index in [1.807, 2.05) is 17.0 Å². The van der Waals surface area contributed by atoms with Crippen LogP contribution in [0.4, 0.5) is 10.1 Å². The molecule has 2 aromatic rings. The predicted molar refractivity (Wildman–Crippen MR) is 99.7 cm³/mol. The van der Waals surface area contributed by atoms with Gasteiger partial charge in [-0.15, -0.1) is 0 Å². The molecule has 0 spiro atoms. The number of methoxy groups -OCH3 is 2. The largest absolute Gasteiger partial charge is 0.495 e. The van der Waals surface area contributed by atoms with Crippen molar-refractivity contribution < 1.29 is 18.7 Å². The number of halogens is 1. The summed E-state index contributed by atoms with van der Waals surface area (Å²) in [6.45, 7) is 2.75. The fourth-order valence-electron chi connectivity index (χ4n) is 3.52. The van der Waals surface area contributed by atoms with Crippen LogP contribution >= 0.6 is 0 Å². The van der Waals surface area contributed by atoms with Gasteiger partial charge in [-0.2, -0.15) is 0 Å². The Hall–Kier alpha value is -2.56. The molecule has 0 atom stereocenters. The molecule has 0 aromatic heterocycles.